The summed E-state index contributed by atoms with van der Waals surface area (Å²) in [7, 11) is 0. The molecule has 0 aliphatic rings. The van der Waals surface area contributed by atoms with Crippen LogP contribution in [0.3, 0.4) is 0 Å². The predicted molar refractivity (Wildman–Crippen MR) is 70.2 cm³/mol. The van der Waals surface area contributed by atoms with Gasteiger partial charge in [-0.1, -0.05) is 12.1 Å². The van der Waals surface area contributed by atoms with E-state index in [1.54, 1.807) is 6.20 Å². The maximum atomic E-state index is 4.48. The second-order valence-electron chi connectivity index (χ2n) is 4.08. The minimum absolute atomic E-state index is 0.581. The Balaban J connectivity index is 1.76. The van der Waals surface area contributed by atoms with Crippen LogP contribution in [-0.2, 0) is 6.54 Å². The van der Waals surface area contributed by atoms with Gasteiger partial charge in [0.15, 0.2) is 0 Å². The average molecular weight is 239 g/mol. The van der Waals surface area contributed by atoms with E-state index in [4.69, 9.17) is 0 Å². The zero-order chi connectivity index (χ0) is 12.4. The van der Waals surface area contributed by atoms with Crippen molar-refractivity contribution < 1.29 is 0 Å². The molecule has 0 spiro atoms. The molecule has 18 heavy (non-hydrogen) atoms. The van der Waals surface area contributed by atoms with E-state index in [-0.39, 0.29) is 0 Å². The van der Waals surface area contributed by atoms with E-state index < -0.39 is 0 Å². The van der Waals surface area contributed by atoms with Gasteiger partial charge in [0, 0.05) is 11.9 Å². The number of imidazole rings is 1. The van der Waals surface area contributed by atoms with Crippen molar-refractivity contribution in [2.45, 2.75) is 13.5 Å². The molecule has 0 atom stereocenters. The van der Waals surface area contributed by atoms with Crippen LogP contribution in [0.5, 0.6) is 0 Å². The van der Waals surface area contributed by atoms with Crippen LogP contribution in [0.2, 0.25) is 0 Å². The molecule has 0 bridgehead atoms. The van der Waals surface area contributed by atoms with Crippen molar-refractivity contribution in [3.05, 3.63) is 48.0 Å². The summed E-state index contributed by atoms with van der Waals surface area (Å²) >= 11 is 0. The van der Waals surface area contributed by atoms with E-state index in [0.717, 1.165) is 22.6 Å². The molecular formula is C13H13N5. The number of nitrogens with one attached hydrogen (secondary N) is 2. The maximum absolute atomic E-state index is 4.48. The number of nitrogens with zero attached hydrogens (tertiary/aromatic N) is 3. The highest BCUT2D eigenvalue weighted by molar-refractivity contribution is 5.74. The molecule has 0 fully saturated rings. The third-order valence-corrected chi connectivity index (χ3v) is 2.65. The molecule has 2 aromatic heterocycles. The second-order valence-corrected chi connectivity index (χ2v) is 4.08. The molecule has 0 aliphatic carbocycles. The number of fused-ring (bicyclic) bond motifs is 1. The van der Waals surface area contributed by atoms with Crippen molar-refractivity contribution in [3.8, 4) is 0 Å². The van der Waals surface area contributed by atoms with Gasteiger partial charge in [-0.05, 0) is 25.1 Å². The zero-order valence-corrected chi connectivity index (χ0v) is 10.0. The molecule has 2 N–H and O–H groups in total. The van der Waals surface area contributed by atoms with Gasteiger partial charge >= 0.3 is 0 Å². The first-order chi connectivity index (χ1) is 8.81. The zero-order valence-electron chi connectivity index (χ0n) is 10.0. The Kier molecular flexibility index (Phi) is 2.64. The summed E-state index contributed by atoms with van der Waals surface area (Å²) in [5.74, 6) is 1.50. The molecule has 3 rings (SSSR count). The smallest absolute Gasteiger partial charge is 0.223 e. The Morgan fingerprint density at radius 3 is 2.89 bits per heavy atom. The van der Waals surface area contributed by atoms with Crippen LogP contribution < -0.4 is 5.32 Å². The Labute approximate surface area is 104 Å². The van der Waals surface area contributed by atoms with Gasteiger partial charge in [0.05, 0.1) is 17.6 Å². The van der Waals surface area contributed by atoms with E-state index in [1.807, 2.05) is 37.3 Å². The van der Waals surface area contributed by atoms with Gasteiger partial charge in [0.25, 0.3) is 0 Å². The summed E-state index contributed by atoms with van der Waals surface area (Å²) in [6, 6.07) is 9.82. The van der Waals surface area contributed by atoms with Gasteiger partial charge in [-0.25, -0.2) is 15.0 Å². The number of aromatic amines is 1. The van der Waals surface area contributed by atoms with Gasteiger partial charge in [0.1, 0.15) is 5.82 Å². The normalized spacial score (nSPS) is 10.7. The summed E-state index contributed by atoms with van der Waals surface area (Å²) in [4.78, 5) is 16.2. The molecule has 0 amide bonds. The lowest BCUT2D eigenvalue weighted by Crippen LogP contribution is -2.05. The topological polar surface area (TPSA) is 66.5 Å². The molecule has 0 saturated carbocycles. The lowest BCUT2D eigenvalue weighted by atomic mass is 10.3. The van der Waals surface area contributed by atoms with Crippen LogP contribution in [0, 0.1) is 6.92 Å². The lowest BCUT2D eigenvalue weighted by molar-refractivity contribution is 0.967. The molecule has 0 aliphatic heterocycles. The van der Waals surface area contributed by atoms with Crippen LogP contribution in [0.1, 0.15) is 11.5 Å². The largest absolute Gasteiger partial charge is 0.347 e. The molecule has 0 unspecified atom stereocenters. The second kappa shape index (κ2) is 4.44. The monoisotopic (exact) mass is 239 g/mol. The molecule has 0 radical (unpaired) electrons. The summed E-state index contributed by atoms with van der Waals surface area (Å²) in [5.41, 5.74) is 2.95. The Morgan fingerprint density at radius 2 is 2.06 bits per heavy atom. The minimum atomic E-state index is 0.581. The molecular weight excluding hydrogens is 226 g/mol. The fourth-order valence-corrected chi connectivity index (χ4v) is 1.79. The quantitative estimate of drug-likeness (QED) is 0.735. The SMILES string of the molecule is Cc1ccnc(NCc2nc3ccccc3[nH]2)n1. The number of anilines is 1. The van der Waals surface area contributed by atoms with E-state index in [0.29, 0.717) is 12.5 Å². The molecule has 1 aromatic carbocycles. The maximum Gasteiger partial charge on any atom is 0.223 e. The van der Waals surface area contributed by atoms with E-state index in [9.17, 15) is 0 Å². The first-order valence-electron chi connectivity index (χ1n) is 5.78. The first kappa shape index (κ1) is 10.7. The number of hydrogen-bond donors (Lipinski definition) is 2. The summed E-state index contributed by atoms with van der Waals surface area (Å²) < 4.78 is 0. The van der Waals surface area contributed by atoms with E-state index >= 15 is 0 Å². The fourth-order valence-electron chi connectivity index (χ4n) is 1.79. The third-order valence-electron chi connectivity index (χ3n) is 2.65. The van der Waals surface area contributed by atoms with Crippen molar-refractivity contribution in [2.24, 2.45) is 0 Å². The Hall–Kier alpha value is -2.43. The Morgan fingerprint density at radius 1 is 1.17 bits per heavy atom. The number of rotatable bonds is 3. The summed E-state index contributed by atoms with van der Waals surface area (Å²) in [5, 5.41) is 3.15. The third kappa shape index (κ3) is 2.15. The van der Waals surface area contributed by atoms with Crippen LogP contribution in [0.15, 0.2) is 36.5 Å². The average Bonchev–Trinajstić information content (AvgIpc) is 2.79. The molecule has 3 aromatic rings. The van der Waals surface area contributed by atoms with Crippen molar-refractivity contribution >= 4 is 17.0 Å². The van der Waals surface area contributed by atoms with Crippen molar-refractivity contribution in [1.82, 2.24) is 19.9 Å². The number of para-hydroxylation sites is 2. The number of aryl methyl sites for hydroxylation is 1. The summed E-state index contributed by atoms with van der Waals surface area (Å²) in [6.45, 7) is 2.52. The van der Waals surface area contributed by atoms with Crippen LogP contribution in [0.4, 0.5) is 5.95 Å². The Bertz CT molecular complexity index is 641. The molecule has 90 valence electrons. The number of H-pyrrole nitrogens is 1. The van der Waals surface area contributed by atoms with Crippen molar-refractivity contribution in [2.75, 3.05) is 5.32 Å². The van der Waals surface area contributed by atoms with E-state index in [2.05, 4.69) is 25.3 Å². The number of aromatic nitrogens is 4. The molecule has 5 heteroatoms. The number of benzene rings is 1. The minimum Gasteiger partial charge on any atom is -0.347 e. The first-order valence-corrected chi connectivity index (χ1v) is 5.78. The molecule has 0 saturated heterocycles. The highest BCUT2D eigenvalue weighted by Crippen LogP contribution is 2.11. The highest BCUT2D eigenvalue weighted by Gasteiger charge is 2.02. The predicted octanol–water partition coefficient (Wildman–Crippen LogP) is 2.27. The van der Waals surface area contributed by atoms with Gasteiger partial charge in [0.2, 0.25) is 5.95 Å². The summed E-state index contributed by atoms with van der Waals surface area (Å²) in [6.07, 6.45) is 1.74. The van der Waals surface area contributed by atoms with Crippen LogP contribution >= 0.6 is 0 Å². The van der Waals surface area contributed by atoms with Gasteiger partial charge in [-0.3, -0.25) is 0 Å². The highest BCUT2D eigenvalue weighted by atomic mass is 15.1. The number of hydrogen-bond acceptors (Lipinski definition) is 4. The van der Waals surface area contributed by atoms with E-state index in [1.165, 1.54) is 0 Å². The molecule has 5 nitrogen and oxygen atoms in total. The molecule has 2 heterocycles. The van der Waals surface area contributed by atoms with Crippen LogP contribution in [-0.4, -0.2) is 19.9 Å². The van der Waals surface area contributed by atoms with Crippen molar-refractivity contribution in [1.29, 1.82) is 0 Å². The van der Waals surface area contributed by atoms with Gasteiger partial charge in [-0.2, -0.15) is 0 Å². The lowest BCUT2D eigenvalue weighted by Gasteiger charge is -2.02. The van der Waals surface area contributed by atoms with Crippen LogP contribution in [0.25, 0.3) is 11.0 Å². The van der Waals surface area contributed by atoms with Crippen molar-refractivity contribution in [3.63, 3.8) is 0 Å². The van der Waals surface area contributed by atoms with Gasteiger partial charge < -0.3 is 10.3 Å². The fraction of sp³-hybridized carbons (Fsp3) is 0.154. The standard InChI is InChI=1S/C13H13N5/c1-9-6-7-14-13(16-9)15-8-12-17-10-4-2-3-5-11(10)18-12/h2-7H,8H2,1H3,(H,17,18)(H,14,15,16). The van der Waals surface area contributed by atoms with Gasteiger partial charge in [-0.15, -0.1) is 0 Å².